The van der Waals surface area contributed by atoms with Crippen LogP contribution >= 0.6 is 0 Å². The number of methoxy groups -OCH3 is 1. The number of rotatable bonds is 3. The van der Waals surface area contributed by atoms with E-state index in [2.05, 4.69) is 19.9 Å². The largest absolute Gasteiger partial charge is 0.496 e. The van der Waals surface area contributed by atoms with E-state index in [1.807, 2.05) is 0 Å². The summed E-state index contributed by atoms with van der Waals surface area (Å²) in [5.74, 6) is 1.11. The van der Waals surface area contributed by atoms with Gasteiger partial charge in [-0.3, -0.25) is 13.8 Å². The molecule has 9 heteroatoms. The highest BCUT2D eigenvalue weighted by atomic mass is 32.2. The van der Waals surface area contributed by atoms with Gasteiger partial charge in [-0.25, -0.2) is 4.98 Å². The second-order valence-corrected chi connectivity index (χ2v) is 7.10. The second-order valence-electron chi connectivity index (χ2n) is 5.72. The monoisotopic (exact) mass is 370 g/mol. The maximum atomic E-state index is 11.7. The van der Waals surface area contributed by atoms with E-state index in [1.165, 1.54) is 7.11 Å². The first-order valence-electron chi connectivity index (χ1n) is 7.64. The Labute approximate surface area is 148 Å². The van der Waals surface area contributed by atoms with Crippen molar-refractivity contribution in [2.24, 2.45) is 0 Å². The number of nitrogens with one attached hydrogen (secondary N) is 3. The molecule has 3 N–H and O–H groups in total. The number of ether oxygens (including phenoxy) is 1. The first kappa shape index (κ1) is 16.3. The Bertz CT molecular complexity index is 1240. The third kappa shape index (κ3) is 2.62. The number of nitrogens with zero attached hydrogens (tertiary/aromatic N) is 1. The average Bonchev–Trinajstić information content (AvgIpc) is 3.02. The Morgan fingerprint density at radius 3 is 2.31 bits per heavy atom. The number of aromatic amines is 3. The van der Waals surface area contributed by atoms with Gasteiger partial charge in [0.15, 0.2) is 0 Å². The molecule has 0 saturated carbocycles. The normalized spacial score (nSPS) is 12.5. The highest BCUT2D eigenvalue weighted by Gasteiger charge is 2.13. The standard InChI is InChI=1S/C17H14N4O4S/c1-25-14-5-8(26(2)24)3-4-9(14)15-18-10-6-12-13(7-11(10)19-15)21-17(23)16(22)20-12/h3-7H,1-2H3,(H,18,19)(H,20,22)(H,21,23). The van der Waals surface area contributed by atoms with Crippen LogP contribution in [0.2, 0.25) is 0 Å². The molecule has 0 fully saturated rings. The van der Waals surface area contributed by atoms with Crippen molar-refractivity contribution in [3.63, 3.8) is 0 Å². The van der Waals surface area contributed by atoms with E-state index in [9.17, 15) is 13.8 Å². The smallest absolute Gasteiger partial charge is 0.314 e. The predicted octanol–water partition coefficient (Wildman–Crippen LogP) is 1.51. The molecule has 0 aliphatic carbocycles. The van der Waals surface area contributed by atoms with Gasteiger partial charge in [0.2, 0.25) is 0 Å². The highest BCUT2D eigenvalue weighted by Crippen LogP contribution is 2.31. The summed E-state index contributed by atoms with van der Waals surface area (Å²) in [7, 11) is 0.415. The van der Waals surface area contributed by atoms with E-state index in [4.69, 9.17) is 4.74 Å². The van der Waals surface area contributed by atoms with Crippen LogP contribution in [0.25, 0.3) is 33.5 Å². The summed E-state index contributed by atoms with van der Waals surface area (Å²) in [4.78, 5) is 36.4. The van der Waals surface area contributed by atoms with Crippen molar-refractivity contribution >= 4 is 32.9 Å². The molecule has 0 spiro atoms. The maximum Gasteiger partial charge on any atom is 0.314 e. The van der Waals surface area contributed by atoms with Crippen molar-refractivity contribution in [3.8, 4) is 17.1 Å². The zero-order valence-electron chi connectivity index (χ0n) is 13.9. The number of benzene rings is 2. The molecule has 0 aliphatic rings. The summed E-state index contributed by atoms with van der Waals surface area (Å²) in [6, 6.07) is 8.65. The van der Waals surface area contributed by atoms with Crippen molar-refractivity contribution in [1.29, 1.82) is 0 Å². The minimum Gasteiger partial charge on any atom is -0.496 e. The molecule has 1 unspecified atom stereocenters. The van der Waals surface area contributed by atoms with Gasteiger partial charge in [-0.05, 0) is 30.3 Å². The molecule has 8 nitrogen and oxygen atoms in total. The number of fused-ring (bicyclic) bond motifs is 2. The molecule has 4 aromatic rings. The van der Waals surface area contributed by atoms with Crippen LogP contribution in [0.4, 0.5) is 0 Å². The maximum absolute atomic E-state index is 11.7. The summed E-state index contributed by atoms with van der Waals surface area (Å²) < 4.78 is 17.1. The van der Waals surface area contributed by atoms with Crippen LogP contribution in [0.1, 0.15) is 0 Å². The van der Waals surface area contributed by atoms with Crippen molar-refractivity contribution < 1.29 is 8.95 Å². The van der Waals surface area contributed by atoms with Crippen LogP contribution in [-0.2, 0) is 10.8 Å². The number of H-pyrrole nitrogens is 3. The highest BCUT2D eigenvalue weighted by molar-refractivity contribution is 7.84. The fraction of sp³-hybridized carbons (Fsp3) is 0.118. The Balaban J connectivity index is 1.92. The number of hydrogen-bond donors (Lipinski definition) is 3. The van der Waals surface area contributed by atoms with Gasteiger partial charge in [-0.1, -0.05) is 0 Å². The zero-order chi connectivity index (χ0) is 18.4. The summed E-state index contributed by atoms with van der Waals surface area (Å²) >= 11 is 0. The van der Waals surface area contributed by atoms with Crippen molar-refractivity contribution in [3.05, 3.63) is 51.0 Å². The molecule has 4 rings (SSSR count). The number of hydrogen-bond acceptors (Lipinski definition) is 5. The van der Waals surface area contributed by atoms with Crippen LogP contribution in [0.15, 0.2) is 44.8 Å². The molecular formula is C17H14N4O4S. The SMILES string of the molecule is COc1cc(S(C)=O)ccc1-c1nc2cc3[nH]c(=O)c(=O)[nH]c3cc2[nH]1. The van der Waals surface area contributed by atoms with Gasteiger partial charge in [0.05, 0.1) is 34.7 Å². The van der Waals surface area contributed by atoms with Crippen molar-refractivity contribution in [1.82, 2.24) is 19.9 Å². The third-order valence-corrected chi connectivity index (χ3v) is 5.00. The number of aromatic nitrogens is 4. The van der Waals surface area contributed by atoms with Gasteiger partial charge in [-0.15, -0.1) is 0 Å². The van der Waals surface area contributed by atoms with Crippen LogP contribution in [0.3, 0.4) is 0 Å². The van der Waals surface area contributed by atoms with E-state index in [1.54, 1.807) is 36.6 Å². The third-order valence-electron chi connectivity index (χ3n) is 4.08. The van der Waals surface area contributed by atoms with Crippen LogP contribution in [0.5, 0.6) is 5.75 Å². The first-order chi connectivity index (χ1) is 12.5. The molecule has 2 aromatic heterocycles. The summed E-state index contributed by atoms with van der Waals surface area (Å²) in [5, 5.41) is 0. The molecule has 26 heavy (non-hydrogen) atoms. The molecule has 2 heterocycles. The lowest BCUT2D eigenvalue weighted by Gasteiger charge is -2.07. The van der Waals surface area contributed by atoms with E-state index < -0.39 is 21.9 Å². The van der Waals surface area contributed by atoms with Crippen molar-refractivity contribution in [2.75, 3.05) is 13.4 Å². The van der Waals surface area contributed by atoms with Gasteiger partial charge >= 0.3 is 11.1 Å². The van der Waals surface area contributed by atoms with Gasteiger partial charge in [0, 0.05) is 22.0 Å². The average molecular weight is 370 g/mol. The van der Waals surface area contributed by atoms with Gasteiger partial charge in [0.1, 0.15) is 11.6 Å². The predicted molar refractivity (Wildman–Crippen MR) is 99.2 cm³/mol. The molecule has 0 saturated heterocycles. The first-order valence-corrected chi connectivity index (χ1v) is 9.20. The summed E-state index contributed by atoms with van der Waals surface area (Å²) in [6.45, 7) is 0. The molecule has 1 atom stereocenters. The fourth-order valence-electron chi connectivity index (χ4n) is 2.80. The molecule has 0 bridgehead atoms. The van der Waals surface area contributed by atoms with E-state index in [0.29, 0.717) is 44.1 Å². The van der Waals surface area contributed by atoms with Crippen LogP contribution < -0.4 is 15.9 Å². The molecule has 132 valence electrons. The lowest BCUT2D eigenvalue weighted by Crippen LogP contribution is -2.28. The molecule has 0 radical (unpaired) electrons. The van der Waals surface area contributed by atoms with E-state index in [0.717, 1.165) is 0 Å². The quantitative estimate of drug-likeness (QED) is 0.472. The minimum atomic E-state index is -1.12. The number of imidazole rings is 1. The fourth-order valence-corrected chi connectivity index (χ4v) is 3.33. The van der Waals surface area contributed by atoms with Gasteiger partial charge in [-0.2, -0.15) is 0 Å². The van der Waals surface area contributed by atoms with Gasteiger partial charge in [0.25, 0.3) is 0 Å². The Hall–Kier alpha value is -3.20. The summed E-state index contributed by atoms with van der Waals surface area (Å²) in [6.07, 6.45) is 1.60. The Morgan fingerprint density at radius 2 is 1.65 bits per heavy atom. The molecule has 0 amide bonds. The Morgan fingerprint density at radius 1 is 0.962 bits per heavy atom. The molecule has 0 aliphatic heterocycles. The second kappa shape index (κ2) is 5.95. The van der Waals surface area contributed by atoms with E-state index >= 15 is 0 Å². The van der Waals surface area contributed by atoms with Gasteiger partial charge < -0.3 is 19.7 Å². The van der Waals surface area contributed by atoms with Crippen LogP contribution in [-0.4, -0.2) is 37.5 Å². The van der Waals surface area contributed by atoms with Crippen LogP contribution in [0, 0.1) is 0 Å². The lowest BCUT2D eigenvalue weighted by atomic mass is 10.2. The zero-order valence-corrected chi connectivity index (χ0v) is 14.7. The summed E-state index contributed by atoms with van der Waals surface area (Å²) in [5.41, 5.74) is 1.61. The molecular weight excluding hydrogens is 356 g/mol. The van der Waals surface area contributed by atoms with Crippen molar-refractivity contribution in [2.45, 2.75) is 4.90 Å². The molecule has 2 aromatic carbocycles. The van der Waals surface area contributed by atoms with E-state index in [-0.39, 0.29) is 0 Å². The topological polar surface area (TPSA) is 121 Å². The minimum absolute atomic E-state index is 0.490. The lowest BCUT2D eigenvalue weighted by molar-refractivity contribution is 0.415. The Kier molecular flexibility index (Phi) is 3.73.